The average molecular weight is 373 g/mol. The Morgan fingerprint density at radius 3 is 2.30 bits per heavy atom. The van der Waals surface area contributed by atoms with Crippen LogP contribution in [-0.2, 0) is 14.6 Å². The number of hydrogen-bond acceptors (Lipinski definition) is 3. The summed E-state index contributed by atoms with van der Waals surface area (Å²) in [6, 6.07) is 12.4. The molecule has 0 spiro atoms. The first kappa shape index (κ1) is 17.8. The second-order valence-electron chi connectivity index (χ2n) is 4.98. The summed E-state index contributed by atoms with van der Waals surface area (Å²) >= 11 is 11.8. The van der Waals surface area contributed by atoms with Crippen LogP contribution in [0.1, 0.15) is 17.9 Å². The highest BCUT2D eigenvalue weighted by Crippen LogP contribution is 2.30. The smallest absolute Gasteiger partial charge is 0.311 e. The van der Waals surface area contributed by atoms with E-state index in [2.05, 4.69) is 0 Å². The first-order valence-corrected chi connectivity index (χ1v) is 9.17. The van der Waals surface area contributed by atoms with E-state index in [0.717, 1.165) is 0 Å². The molecule has 0 bridgehead atoms. The molecule has 2 aromatic carbocycles. The van der Waals surface area contributed by atoms with Crippen molar-refractivity contribution in [2.24, 2.45) is 0 Å². The number of hydrogen-bond donors (Lipinski definition) is 1. The molecule has 0 saturated heterocycles. The first-order chi connectivity index (χ1) is 10.8. The van der Waals surface area contributed by atoms with Crippen molar-refractivity contribution < 1.29 is 18.3 Å². The Morgan fingerprint density at radius 1 is 1.09 bits per heavy atom. The van der Waals surface area contributed by atoms with Crippen molar-refractivity contribution in [3.63, 3.8) is 0 Å². The van der Waals surface area contributed by atoms with Gasteiger partial charge in [-0.3, -0.25) is 4.79 Å². The van der Waals surface area contributed by atoms with Gasteiger partial charge in [0, 0.05) is 10.0 Å². The highest BCUT2D eigenvalue weighted by Gasteiger charge is 2.25. The molecule has 0 fully saturated rings. The van der Waals surface area contributed by atoms with Gasteiger partial charge in [-0.25, -0.2) is 8.42 Å². The van der Waals surface area contributed by atoms with E-state index < -0.39 is 21.7 Å². The van der Waals surface area contributed by atoms with Crippen LogP contribution in [0.3, 0.4) is 0 Å². The molecule has 0 amide bonds. The van der Waals surface area contributed by atoms with E-state index in [0.29, 0.717) is 10.6 Å². The Bertz CT molecular complexity index is 804. The third-order valence-electron chi connectivity index (χ3n) is 3.41. The number of sulfone groups is 1. The van der Waals surface area contributed by atoms with Crippen molar-refractivity contribution in [3.8, 4) is 0 Å². The van der Waals surface area contributed by atoms with E-state index in [1.54, 1.807) is 18.2 Å². The quantitative estimate of drug-likeness (QED) is 0.830. The molecule has 2 aromatic rings. The SMILES string of the molecule is O=C(O)C(CCS(=O)(=O)c1ccccc1)c1ccc(Cl)cc1Cl. The minimum absolute atomic E-state index is 0.0755. The Labute approximate surface area is 144 Å². The molecule has 0 saturated carbocycles. The van der Waals surface area contributed by atoms with E-state index in [-0.39, 0.29) is 22.1 Å². The number of carboxylic acid groups (broad SMARTS) is 1. The fraction of sp³-hybridized carbons (Fsp3) is 0.188. The van der Waals surface area contributed by atoms with Crippen LogP contribution in [0.4, 0.5) is 0 Å². The van der Waals surface area contributed by atoms with Crippen molar-refractivity contribution >= 4 is 39.0 Å². The predicted molar refractivity (Wildman–Crippen MR) is 90.0 cm³/mol. The lowest BCUT2D eigenvalue weighted by molar-refractivity contribution is -0.138. The third-order valence-corrected chi connectivity index (χ3v) is 5.74. The summed E-state index contributed by atoms with van der Waals surface area (Å²) in [5, 5.41) is 10.0. The molecule has 0 aliphatic rings. The van der Waals surface area contributed by atoms with Gasteiger partial charge >= 0.3 is 5.97 Å². The summed E-state index contributed by atoms with van der Waals surface area (Å²) in [6.45, 7) is 0. The van der Waals surface area contributed by atoms with Gasteiger partial charge in [-0.2, -0.15) is 0 Å². The van der Waals surface area contributed by atoms with Gasteiger partial charge in [-0.1, -0.05) is 47.5 Å². The number of aliphatic carboxylic acids is 1. The highest BCUT2D eigenvalue weighted by atomic mass is 35.5. The van der Waals surface area contributed by atoms with E-state index in [1.165, 1.54) is 30.3 Å². The first-order valence-electron chi connectivity index (χ1n) is 6.77. The lowest BCUT2D eigenvalue weighted by Crippen LogP contribution is -2.17. The minimum Gasteiger partial charge on any atom is -0.481 e. The maximum atomic E-state index is 12.3. The van der Waals surface area contributed by atoms with Crippen LogP contribution in [0.5, 0.6) is 0 Å². The maximum Gasteiger partial charge on any atom is 0.311 e. The van der Waals surface area contributed by atoms with Crippen LogP contribution in [0.2, 0.25) is 10.0 Å². The van der Waals surface area contributed by atoms with Crippen LogP contribution in [0, 0.1) is 0 Å². The molecule has 0 radical (unpaired) electrons. The maximum absolute atomic E-state index is 12.3. The van der Waals surface area contributed by atoms with E-state index >= 15 is 0 Å². The Kier molecular flexibility index (Phi) is 5.68. The van der Waals surface area contributed by atoms with Gasteiger partial charge in [0.2, 0.25) is 0 Å². The molecule has 1 N–H and O–H groups in total. The standard InChI is InChI=1S/C16H14Cl2O4S/c17-11-6-7-13(15(18)10-11)14(16(19)20)8-9-23(21,22)12-4-2-1-3-5-12/h1-7,10,14H,8-9H2,(H,19,20). The predicted octanol–water partition coefficient (Wildman–Crippen LogP) is 4.03. The lowest BCUT2D eigenvalue weighted by Gasteiger charge is -2.15. The zero-order valence-corrected chi connectivity index (χ0v) is 14.3. The number of carbonyl (C=O) groups is 1. The van der Waals surface area contributed by atoms with Crippen LogP contribution < -0.4 is 0 Å². The molecule has 23 heavy (non-hydrogen) atoms. The molecule has 122 valence electrons. The number of halogens is 2. The molecular formula is C16H14Cl2O4S. The molecule has 1 unspecified atom stereocenters. The summed E-state index contributed by atoms with van der Waals surface area (Å²) in [7, 11) is -3.55. The van der Waals surface area contributed by atoms with Gasteiger partial charge in [-0.05, 0) is 36.2 Å². The third kappa shape index (κ3) is 4.47. The lowest BCUT2D eigenvalue weighted by atomic mass is 9.97. The normalized spacial score (nSPS) is 12.8. The summed E-state index contributed by atoms with van der Waals surface area (Å²) in [4.78, 5) is 11.7. The van der Waals surface area contributed by atoms with Crippen molar-refractivity contribution in [1.29, 1.82) is 0 Å². The Hall–Kier alpha value is -1.56. The van der Waals surface area contributed by atoms with Gasteiger partial charge < -0.3 is 5.11 Å². The fourth-order valence-corrected chi connectivity index (χ4v) is 4.11. The summed E-state index contributed by atoms with van der Waals surface area (Å²) in [5.41, 5.74) is 0.354. The van der Waals surface area contributed by atoms with Gasteiger partial charge in [0.1, 0.15) is 0 Å². The largest absolute Gasteiger partial charge is 0.481 e. The van der Waals surface area contributed by atoms with Gasteiger partial charge in [0.25, 0.3) is 0 Å². The molecule has 4 nitrogen and oxygen atoms in total. The zero-order valence-electron chi connectivity index (χ0n) is 11.9. The van der Waals surface area contributed by atoms with Crippen LogP contribution in [0.15, 0.2) is 53.4 Å². The molecular weight excluding hydrogens is 359 g/mol. The number of rotatable bonds is 6. The van der Waals surface area contributed by atoms with Gasteiger partial charge in [-0.15, -0.1) is 0 Å². The molecule has 1 atom stereocenters. The monoisotopic (exact) mass is 372 g/mol. The van der Waals surface area contributed by atoms with Crippen molar-refractivity contribution in [1.82, 2.24) is 0 Å². The second-order valence-corrected chi connectivity index (χ2v) is 7.93. The van der Waals surface area contributed by atoms with Crippen LogP contribution in [-0.4, -0.2) is 25.2 Å². The molecule has 0 heterocycles. The van der Waals surface area contributed by atoms with E-state index in [1.807, 2.05) is 0 Å². The van der Waals surface area contributed by atoms with Gasteiger partial charge in [0.05, 0.1) is 16.6 Å². The van der Waals surface area contributed by atoms with Crippen molar-refractivity contribution in [2.75, 3.05) is 5.75 Å². The van der Waals surface area contributed by atoms with Crippen molar-refractivity contribution in [3.05, 3.63) is 64.1 Å². The van der Waals surface area contributed by atoms with E-state index in [9.17, 15) is 18.3 Å². The summed E-state index contributed by atoms with van der Waals surface area (Å²) < 4.78 is 24.6. The molecule has 2 rings (SSSR count). The Morgan fingerprint density at radius 2 is 1.74 bits per heavy atom. The summed E-state index contributed by atoms with van der Waals surface area (Å²) in [5.74, 6) is -2.43. The molecule has 0 aliphatic heterocycles. The van der Waals surface area contributed by atoms with E-state index in [4.69, 9.17) is 23.2 Å². The second kappa shape index (κ2) is 7.34. The molecule has 0 aliphatic carbocycles. The van der Waals surface area contributed by atoms with Gasteiger partial charge in [0.15, 0.2) is 9.84 Å². The van der Waals surface area contributed by atoms with Crippen LogP contribution in [0.25, 0.3) is 0 Å². The molecule has 7 heteroatoms. The van der Waals surface area contributed by atoms with Crippen molar-refractivity contribution in [2.45, 2.75) is 17.2 Å². The number of benzene rings is 2. The van der Waals surface area contributed by atoms with Crippen LogP contribution >= 0.6 is 23.2 Å². The summed E-state index contributed by atoms with van der Waals surface area (Å²) in [6.07, 6.45) is -0.0755. The average Bonchev–Trinajstić information content (AvgIpc) is 2.50. The highest BCUT2D eigenvalue weighted by molar-refractivity contribution is 7.91. The topological polar surface area (TPSA) is 71.4 Å². The zero-order chi connectivity index (χ0) is 17.0. The fourth-order valence-electron chi connectivity index (χ4n) is 2.21. The molecule has 0 aromatic heterocycles. The number of carboxylic acids is 1. The minimum atomic E-state index is -3.55. The Balaban J connectivity index is 2.23.